The lowest BCUT2D eigenvalue weighted by atomic mass is 10.1. The van der Waals surface area contributed by atoms with Crippen LogP contribution in [0.15, 0.2) is 36.0 Å². The maximum absolute atomic E-state index is 10.5. The molecule has 0 atom stereocenters. The Morgan fingerprint density at radius 2 is 1.93 bits per heavy atom. The van der Waals surface area contributed by atoms with Gasteiger partial charge in [0.1, 0.15) is 6.61 Å². The first kappa shape index (κ1) is 13.7. The molecule has 0 aliphatic carbocycles. The molecule has 0 rings (SSSR count). The molecule has 15 heavy (non-hydrogen) atoms. The van der Waals surface area contributed by atoms with E-state index in [4.69, 9.17) is 4.74 Å². The van der Waals surface area contributed by atoms with Gasteiger partial charge in [-0.05, 0) is 32.3 Å². The summed E-state index contributed by atoms with van der Waals surface area (Å²) >= 11 is 0. The Labute approximate surface area is 92.3 Å². The number of hydrogen-bond donors (Lipinski definition) is 0. The molecule has 2 heteroatoms. The van der Waals surface area contributed by atoms with E-state index in [-0.39, 0.29) is 5.97 Å². The summed E-state index contributed by atoms with van der Waals surface area (Å²) < 4.78 is 4.87. The monoisotopic (exact) mass is 208 g/mol. The highest BCUT2D eigenvalue weighted by atomic mass is 16.5. The normalized spacial score (nSPS) is 12.5. The molecule has 0 saturated heterocycles. The summed E-state index contributed by atoms with van der Waals surface area (Å²) in [5.74, 6) is -0.231. The summed E-state index contributed by atoms with van der Waals surface area (Å²) in [4.78, 5) is 10.5. The SMILES string of the molecule is C=CC=C(C)CCC=C(C)COC(C)=O. The van der Waals surface area contributed by atoms with E-state index in [2.05, 4.69) is 19.6 Å². The average molecular weight is 208 g/mol. The molecule has 0 amide bonds. The van der Waals surface area contributed by atoms with Crippen LogP contribution in [0.2, 0.25) is 0 Å². The number of carbonyl (C=O) groups is 1. The van der Waals surface area contributed by atoms with Gasteiger partial charge in [-0.25, -0.2) is 0 Å². The average Bonchev–Trinajstić information content (AvgIpc) is 2.15. The fourth-order valence-electron chi connectivity index (χ4n) is 1.11. The van der Waals surface area contributed by atoms with Crippen molar-refractivity contribution in [3.63, 3.8) is 0 Å². The summed E-state index contributed by atoms with van der Waals surface area (Å²) in [6.07, 6.45) is 7.90. The smallest absolute Gasteiger partial charge is 0.302 e. The van der Waals surface area contributed by atoms with E-state index in [0.29, 0.717) is 6.61 Å². The van der Waals surface area contributed by atoms with Gasteiger partial charge in [-0.2, -0.15) is 0 Å². The highest BCUT2D eigenvalue weighted by molar-refractivity contribution is 5.66. The van der Waals surface area contributed by atoms with Crippen LogP contribution in [0.3, 0.4) is 0 Å². The molecule has 0 saturated carbocycles. The molecule has 0 aliphatic rings. The van der Waals surface area contributed by atoms with Crippen molar-refractivity contribution in [1.82, 2.24) is 0 Å². The molecule has 0 aromatic carbocycles. The molecule has 0 aliphatic heterocycles. The van der Waals surface area contributed by atoms with Crippen molar-refractivity contribution in [2.45, 2.75) is 33.6 Å². The summed E-state index contributed by atoms with van der Waals surface area (Å²) in [6, 6.07) is 0. The van der Waals surface area contributed by atoms with Crippen molar-refractivity contribution < 1.29 is 9.53 Å². The standard InChI is InChI=1S/C13H20O2/c1-5-7-11(2)8-6-9-12(3)10-15-13(4)14/h5,7,9H,1,6,8,10H2,2-4H3. The molecule has 0 radical (unpaired) electrons. The molecule has 84 valence electrons. The van der Waals surface area contributed by atoms with Crippen molar-refractivity contribution in [2.24, 2.45) is 0 Å². The molecule has 0 spiro atoms. The Balaban J connectivity index is 3.80. The molecule has 0 fully saturated rings. The zero-order valence-electron chi connectivity index (χ0n) is 9.88. The van der Waals surface area contributed by atoms with Gasteiger partial charge in [0, 0.05) is 6.92 Å². The van der Waals surface area contributed by atoms with Gasteiger partial charge in [0.2, 0.25) is 0 Å². The first-order valence-corrected chi connectivity index (χ1v) is 5.13. The molecule has 0 N–H and O–H groups in total. The van der Waals surface area contributed by atoms with Crippen molar-refractivity contribution in [3.05, 3.63) is 36.0 Å². The van der Waals surface area contributed by atoms with Crippen molar-refractivity contribution in [1.29, 1.82) is 0 Å². The van der Waals surface area contributed by atoms with Crippen molar-refractivity contribution in [2.75, 3.05) is 6.61 Å². The highest BCUT2D eigenvalue weighted by Crippen LogP contribution is 2.06. The number of carbonyl (C=O) groups excluding carboxylic acids is 1. The Hall–Kier alpha value is -1.31. The van der Waals surface area contributed by atoms with E-state index >= 15 is 0 Å². The second-order valence-electron chi connectivity index (χ2n) is 3.62. The van der Waals surface area contributed by atoms with Gasteiger partial charge in [0.25, 0.3) is 0 Å². The van der Waals surface area contributed by atoms with Gasteiger partial charge >= 0.3 is 5.97 Å². The molecular weight excluding hydrogens is 188 g/mol. The van der Waals surface area contributed by atoms with Crippen LogP contribution in [0.1, 0.15) is 33.6 Å². The predicted molar refractivity (Wildman–Crippen MR) is 63.6 cm³/mol. The van der Waals surface area contributed by atoms with Gasteiger partial charge in [-0.15, -0.1) is 0 Å². The topological polar surface area (TPSA) is 26.3 Å². The fourth-order valence-corrected chi connectivity index (χ4v) is 1.11. The van der Waals surface area contributed by atoms with Crippen LogP contribution < -0.4 is 0 Å². The van der Waals surface area contributed by atoms with Gasteiger partial charge in [0.15, 0.2) is 0 Å². The van der Waals surface area contributed by atoms with Crippen LogP contribution in [0, 0.1) is 0 Å². The van der Waals surface area contributed by atoms with Crippen molar-refractivity contribution >= 4 is 5.97 Å². The fraction of sp³-hybridized carbons (Fsp3) is 0.462. The number of rotatable bonds is 6. The summed E-state index contributed by atoms with van der Waals surface area (Å²) in [5, 5.41) is 0. The van der Waals surface area contributed by atoms with Crippen LogP contribution in [0.25, 0.3) is 0 Å². The first-order chi connectivity index (χ1) is 7.06. The minimum Gasteiger partial charge on any atom is -0.461 e. The number of allylic oxidation sites excluding steroid dienone is 4. The quantitative estimate of drug-likeness (QED) is 0.380. The lowest BCUT2D eigenvalue weighted by molar-refractivity contribution is -0.139. The van der Waals surface area contributed by atoms with Gasteiger partial charge in [0.05, 0.1) is 0 Å². The van der Waals surface area contributed by atoms with E-state index in [1.807, 2.05) is 13.0 Å². The second kappa shape index (κ2) is 8.04. The Morgan fingerprint density at radius 3 is 2.47 bits per heavy atom. The molecular formula is C13H20O2. The van der Waals surface area contributed by atoms with Crippen LogP contribution >= 0.6 is 0 Å². The third-order valence-electron chi connectivity index (χ3n) is 1.94. The lowest BCUT2D eigenvalue weighted by Crippen LogP contribution is -2.01. The molecule has 0 bridgehead atoms. The zero-order valence-corrected chi connectivity index (χ0v) is 9.88. The summed E-state index contributed by atoms with van der Waals surface area (Å²) in [7, 11) is 0. The zero-order chi connectivity index (χ0) is 11.7. The maximum atomic E-state index is 10.5. The number of esters is 1. The van der Waals surface area contributed by atoms with Gasteiger partial charge < -0.3 is 4.74 Å². The molecule has 2 nitrogen and oxygen atoms in total. The largest absolute Gasteiger partial charge is 0.461 e. The maximum Gasteiger partial charge on any atom is 0.302 e. The predicted octanol–water partition coefficient (Wildman–Crippen LogP) is 3.41. The third-order valence-corrected chi connectivity index (χ3v) is 1.94. The summed E-state index contributed by atoms with van der Waals surface area (Å²) in [6.45, 7) is 9.51. The van der Waals surface area contributed by atoms with Gasteiger partial charge in [-0.1, -0.05) is 30.4 Å². The second-order valence-corrected chi connectivity index (χ2v) is 3.62. The van der Waals surface area contributed by atoms with Gasteiger partial charge in [-0.3, -0.25) is 4.79 Å². The van der Waals surface area contributed by atoms with E-state index in [9.17, 15) is 4.79 Å². The lowest BCUT2D eigenvalue weighted by Gasteiger charge is -2.02. The van der Waals surface area contributed by atoms with Crippen LogP contribution in [-0.2, 0) is 9.53 Å². The number of hydrogen-bond acceptors (Lipinski definition) is 2. The van der Waals surface area contributed by atoms with Crippen molar-refractivity contribution in [3.8, 4) is 0 Å². The van der Waals surface area contributed by atoms with Crippen LogP contribution in [0.4, 0.5) is 0 Å². The highest BCUT2D eigenvalue weighted by Gasteiger charge is 1.94. The Morgan fingerprint density at radius 1 is 1.27 bits per heavy atom. The van der Waals surface area contributed by atoms with E-state index in [1.54, 1.807) is 6.08 Å². The first-order valence-electron chi connectivity index (χ1n) is 5.13. The molecule has 0 heterocycles. The molecule has 0 unspecified atom stereocenters. The Bertz CT molecular complexity index is 272. The van der Waals surface area contributed by atoms with E-state index in [1.165, 1.54) is 12.5 Å². The van der Waals surface area contributed by atoms with Crippen LogP contribution in [0.5, 0.6) is 0 Å². The van der Waals surface area contributed by atoms with E-state index in [0.717, 1.165) is 18.4 Å². The third kappa shape index (κ3) is 9.01. The van der Waals surface area contributed by atoms with E-state index < -0.39 is 0 Å². The minimum atomic E-state index is -0.231. The summed E-state index contributed by atoms with van der Waals surface area (Å²) in [5.41, 5.74) is 2.40. The minimum absolute atomic E-state index is 0.231. The Kier molecular flexibility index (Phi) is 7.33. The molecule has 0 aromatic rings. The van der Waals surface area contributed by atoms with Crippen LogP contribution in [-0.4, -0.2) is 12.6 Å². The number of ether oxygens (including phenoxy) is 1. The molecule has 0 aromatic heterocycles.